The van der Waals surface area contributed by atoms with E-state index in [1.54, 1.807) is 17.4 Å². The Balaban J connectivity index is 2.00. The van der Waals surface area contributed by atoms with E-state index in [-0.39, 0.29) is 6.04 Å². The van der Waals surface area contributed by atoms with Gasteiger partial charge in [-0.05, 0) is 50.1 Å². The lowest BCUT2D eigenvalue weighted by Gasteiger charge is -2.13. The van der Waals surface area contributed by atoms with Crippen molar-refractivity contribution in [3.63, 3.8) is 0 Å². The molecule has 2 rings (SSSR count). The Morgan fingerprint density at radius 3 is 2.47 bits per heavy atom. The van der Waals surface area contributed by atoms with Crippen LogP contribution in [0.4, 0.5) is 8.78 Å². The summed E-state index contributed by atoms with van der Waals surface area (Å²) in [4.78, 5) is 2.57. The standard InChI is InChI=1S/C15H17F2NS/c1-9-6-13(19-11(9)3)8-18-10(2)12-4-5-14(16)15(17)7-12/h4-7,10,18H,8H2,1-3H3. The first-order chi connectivity index (χ1) is 8.97. The largest absolute Gasteiger partial charge is 0.305 e. The zero-order valence-electron chi connectivity index (χ0n) is 11.3. The molecule has 0 spiro atoms. The summed E-state index contributed by atoms with van der Waals surface area (Å²) < 4.78 is 26.0. The number of thiophene rings is 1. The summed E-state index contributed by atoms with van der Waals surface area (Å²) in [5.74, 6) is -1.60. The predicted molar refractivity (Wildman–Crippen MR) is 75.4 cm³/mol. The number of rotatable bonds is 4. The van der Waals surface area contributed by atoms with E-state index in [1.165, 1.54) is 27.5 Å². The van der Waals surface area contributed by atoms with Crippen LogP contribution in [0.5, 0.6) is 0 Å². The molecule has 2 aromatic rings. The van der Waals surface area contributed by atoms with Crippen molar-refractivity contribution in [2.45, 2.75) is 33.4 Å². The third-order valence-electron chi connectivity index (χ3n) is 3.24. The Hall–Kier alpha value is -1.26. The van der Waals surface area contributed by atoms with Crippen LogP contribution >= 0.6 is 11.3 Å². The zero-order chi connectivity index (χ0) is 14.0. The lowest BCUT2D eigenvalue weighted by atomic mass is 10.1. The van der Waals surface area contributed by atoms with Gasteiger partial charge in [-0.2, -0.15) is 0 Å². The minimum atomic E-state index is -0.805. The van der Waals surface area contributed by atoms with Gasteiger partial charge >= 0.3 is 0 Å². The van der Waals surface area contributed by atoms with Crippen LogP contribution in [0.2, 0.25) is 0 Å². The highest BCUT2D eigenvalue weighted by atomic mass is 32.1. The molecule has 1 aromatic heterocycles. The Labute approximate surface area is 116 Å². The van der Waals surface area contributed by atoms with Gasteiger partial charge in [-0.3, -0.25) is 0 Å². The molecule has 0 aliphatic carbocycles. The molecule has 1 N–H and O–H groups in total. The molecule has 102 valence electrons. The topological polar surface area (TPSA) is 12.0 Å². The van der Waals surface area contributed by atoms with E-state index in [4.69, 9.17) is 0 Å². The lowest BCUT2D eigenvalue weighted by molar-refractivity contribution is 0.501. The van der Waals surface area contributed by atoms with Gasteiger partial charge in [0.15, 0.2) is 11.6 Å². The van der Waals surface area contributed by atoms with Crippen molar-refractivity contribution in [1.82, 2.24) is 5.32 Å². The quantitative estimate of drug-likeness (QED) is 0.870. The van der Waals surface area contributed by atoms with E-state index in [9.17, 15) is 8.78 Å². The molecule has 0 fully saturated rings. The van der Waals surface area contributed by atoms with Gasteiger partial charge in [0.1, 0.15) is 0 Å². The monoisotopic (exact) mass is 281 g/mol. The number of benzene rings is 1. The summed E-state index contributed by atoms with van der Waals surface area (Å²) in [6.45, 7) is 6.87. The Morgan fingerprint density at radius 2 is 1.89 bits per heavy atom. The fourth-order valence-corrected chi connectivity index (χ4v) is 2.89. The van der Waals surface area contributed by atoms with Gasteiger partial charge in [-0.25, -0.2) is 8.78 Å². The van der Waals surface area contributed by atoms with E-state index >= 15 is 0 Å². The van der Waals surface area contributed by atoms with E-state index < -0.39 is 11.6 Å². The smallest absolute Gasteiger partial charge is 0.159 e. The fourth-order valence-electron chi connectivity index (χ4n) is 1.89. The number of hydrogen-bond acceptors (Lipinski definition) is 2. The number of halogens is 2. The van der Waals surface area contributed by atoms with E-state index in [0.29, 0.717) is 0 Å². The fraction of sp³-hybridized carbons (Fsp3) is 0.333. The molecular weight excluding hydrogens is 264 g/mol. The number of aryl methyl sites for hydroxylation is 2. The summed E-state index contributed by atoms with van der Waals surface area (Å²) >= 11 is 1.76. The predicted octanol–water partition coefficient (Wildman–Crippen LogP) is 4.49. The highest BCUT2D eigenvalue weighted by Crippen LogP contribution is 2.22. The molecule has 0 aliphatic rings. The van der Waals surface area contributed by atoms with E-state index in [0.717, 1.165) is 12.1 Å². The van der Waals surface area contributed by atoms with Crippen LogP contribution < -0.4 is 5.32 Å². The average Bonchev–Trinajstić information content (AvgIpc) is 2.69. The second kappa shape index (κ2) is 5.80. The normalized spacial score (nSPS) is 12.7. The molecule has 1 atom stereocenters. The first-order valence-corrected chi connectivity index (χ1v) is 7.03. The lowest BCUT2D eigenvalue weighted by Crippen LogP contribution is -2.17. The molecule has 1 nitrogen and oxygen atoms in total. The Bertz CT molecular complexity index is 558. The first-order valence-electron chi connectivity index (χ1n) is 6.21. The molecule has 0 bridgehead atoms. The van der Waals surface area contributed by atoms with Crippen molar-refractivity contribution in [2.75, 3.05) is 0 Å². The summed E-state index contributed by atoms with van der Waals surface area (Å²) in [7, 11) is 0. The SMILES string of the molecule is Cc1cc(CNC(C)c2ccc(F)c(F)c2)sc1C. The minimum Gasteiger partial charge on any atom is -0.305 e. The van der Waals surface area contributed by atoms with Crippen molar-refractivity contribution in [3.05, 3.63) is 56.8 Å². The molecule has 1 unspecified atom stereocenters. The van der Waals surface area contributed by atoms with Crippen LogP contribution in [0.1, 0.15) is 33.8 Å². The minimum absolute atomic E-state index is 0.0159. The second-order valence-electron chi connectivity index (χ2n) is 4.73. The summed E-state index contributed by atoms with van der Waals surface area (Å²) in [6.07, 6.45) is 0. The highest BCUT2D eigenvalue weighted by Gasteiger charge is 2.09. The van der Waals surface area contributed by atoms with Gasteiger partial charge in [0.2, 0.25) is 0 Å². The zero-order valence-corrected chi connectivity index (χ0v) is 12.1. The third-order valence-corrected chi connectivity index (χ3v) is 4.40. The second-order valence-corrected chi connectivity index (χ2v) is 6.07. The summed E-state index contributed by atoms with van der Waals surface area (Å²) in [5, 5.41) is 3.32. The van der Waals surface area contributed by atoms with Crippen LogP contribution in [0, 0.1) is 25.5 Å². The molecule has 1 aromatic carbocycles. The molecule has 0 radical (unpaired) electrons. The van der Waals surface area contributed by atoms with Crippen LogP contribution in [-0.4, -0.2) is 0 Å². The van der Waals surface area contributed by atoms with Crippen molar-refractivity contribution in [2.24, 2.45) is 0 Å². The molecule has 4 heteroatoms. The van der Waals surface area contributed by atoms with Crippen molar-refractivity contribution in [1.29, 1.82) is 0 Å². The van der Waals surface area contributed by atoms with E-state index in [1.807, 2.05) is 6.92 Å². The highest BCUT2D eigenvalue weighted by molar-refractivity contribution is 7.12. The summed E-state index contributed by atoms with van der Waals surface area (Å²) in [6, 6.07) is 6.17. The molecule has 0 amide bonds. The summed E-state index contributed by atoms with van der Waals surface area (Å²) in [5.41, 5.74) is 2.05. The molecule has 19 heavy (non-hydrogen) atoms. The van der Waals surface area contributed by atoms with Crippen molar-refractivity contribution >= 4 is 11.3 Å². The maximum absolute atomic E-state index is 13.2. The van der Waals surface area contributed by atoms with Gasteiger partial charge in [-0.15, -0.1) is 11.3 Å². The Morgan fingerprint density at radius 1 is 1.16 bits per heavy atom. The van der Waals surface area contributed by atoms with Gasteiger partial charge in [0.25, 0.3) is 0 Å². The maximum Gasteiger partial charge on any atom is 0.159 e. The van der Waals surface area contributed by atoms with E-state index in [2.05, 4.69) is 25.2 Å². The molecule has 0 saturated heterocycles. The number of hydrogen-bond donors (Lipinski definition) is 1. The molecular formula is C15H17F2NS. The Kier molecular flexibility index (Phi) is 4.32. The van der Waals surface area contributed by atoms with Gasteiger partial charge < -0.3 is 5.32 Å². The number of nitrogens with one attached hydrogen (secondary N) is 1. The van der Waals surface area contributed by atoms with Crippen LogP contribution in [0.3, 0.4) is 0 Å². The van der Waals surface area contributed by atoms with Gasteiger partial charge in [0, 0.05) is 22.3 Å². The van der Waals surface area contributed by atoms with Gasteiger partial charge in [-0.1, -0.05) is 6.07 Å². The third kappa shape index (κ3) is 3.39. The van der Waals surface area contributed by atoms with Crippen LogP contribution in [-0.2, 0) is 6.54 Å². The van der Waals surface area contributed by atoms with Crippen LogP contribution in [0.15, 0.2) is 24.3 Å². The molecule has 0 aliphatic heterocycles. The average molecular weight is 281 g/mol. The van der Waals surface area contributed by atoms with Crippen molar-refractivity contribution < 1.29 is 8.78 Å². The molecule has 1 heterocycles. The maximum atomic E-state index is 13.2. The molecule has 0 saturated carbocycles. The first kappa shape index (κ1) is 14.2. The van der Waals surface area contributed by atoms with Crippen LogP contribution in [0.25, 0.3) is 0 Å². The van der Waals surface area contributed by atoms with Crippen molar-refractivity contribution in [3.8, 4) is 0 Å². The van der Waals surface area contributed by atoms with Gasteiger partial charge in [0.05, 0.1) is 0 Å².